The molecule has 108 valence electrons. The van der Waals surface area contributed by atoms with Gasteiger partial charge >= 0.3 is 6.18 Å². The van der Waals surface area contributed by atoms with Crippen molar-refractivity contribution in [3.05, 3.63) is 29.3 Å². The van der Waals surface area contributed by atoms with Crippen molar-refractivity contribution in [1.29, 1.82) is 0 Å². The summed E-state index contributed by atoms with van der Waals surface area (Å²) in [6.07, 6.45) is -3.60. The third-order valence-corrected chi connectivity index (χ3v) is 2.62. The first-order valence-electron chi connectivity index (χ1n) is 5.90. The minimum atomic E-state index is -4.41. The molecule has 0 aliphatic rings. The molecule has 0 aliphatic carbocycles. The summed E-state index contributed by atoms with van der Waals surface area (Å²) in [5.41, 5.74) is 7.89. The van der Waals surface area contributed by atoms with Crippen molar-refractivity contribution in [2.45, 2.75) is 25.6 Å². The number of benzene rings is 1. The molecule has 0 spiro atoms. The van der Waals surface area contributed by atoms with Crippen LogP contribution in [0.1, 0.15) is 30.5 Å². The molecular weight excluding hydrogens is 259 g/mol. The van der Waals surface area contributed by atoms with Crippen molar-refractivity contribution in [1.82, 2.24) is 5.43 Å². The van der Waals surface area contributed by atoms with Crippen LogP contribution >= 0.6 is 0 Å². The lowest BCUT2D eigenvalue weighted by Crippen LogP contribution is -2.32. The first-order valence-corrected chi connectivity index (χ1v) is 5.90. The Labute approximate surface area is 109 Å². The normalized spacial score (nSPS) is 13.5. The number of halogens is 3. The summed E-state index contributed by atoms with van der Waals surface area (Å²) in [6, 6.07) is 2.59. The molecule has 5 N–H and O–H groups in total. The maximum absolute atomic E-state index is 12.6. The number of nitrogen functional groups attached to an aromatic ring is 1. The average molecular weight is 277 g/mol. The number of ether oxygens (including phenoxy) is 1. The number of rotatable bonds is 6. The van der Waals surface area contributed by atoms with Crippen LogP contribution in [-0.2, 0) is 10.9 Å². The number of hydrogen-bond acceptors (Lipinski definition) is 4. The minimum Gasteiger partial charge on any atom is -0.398 e. The molecule has 4 nitrogen and oxygen atoms in total. The molecule has 7 heteroatoms. The Hall–Kier alpha value is -1.31. The van der Waals surface area contributed by atoms with Gasteiger partial charge in [0.2, 0.25) is 0 Å². The van der Waals surface area contributed by atoms with Crippen molar-refractivity contribution >= 4 is 5.69 Å². The van der Waals surface area contributed by atoms with E-state index >= 15 is 0 Å². The maximum Gasteiger partial charge on any atom is 0.416 e. The van der Waals surface area contributed by atoms with Gasteiger partial charge in [0.25, 0.3) is 0 Å². The van der Waals surface area contributed by atoms with Gasteiger partial charge in [-0.15, -0.1) is 0 Å². The molecule has 0 radical (unpaired) electrons. The van der Waals surface area contributed by atoms with Gasteiger partial charge in [0, 0.05) is 12.3 Å². The summed E-state index contributed by atoms with van der Waals surface area (Å²) in [4.78, 5) is 0. The van der Waals surface area contributed by atoms with Crippen LogP contribution in [0.15, 0.2) is 18.2 Å². The van der Waals surface area contributed by atoms with E-state index < -0.39 is 17.8 Å². The summed E-state index contributed by atoms with van der Waals surface area (Å²) in [5.74, 6) is 5.35. The smallest absolute Gasteiger partial charge is 0.398 e. The van der Waals surface area contributed by atoms with Gasteiger partial charge in [0.05, 0.1) is 18.2 Å². The number of alkyl halides is 3. The van der Waals surface area contributed by atoms with Gasteiger partial charge in [0.15, 0.2) is 0 Å². The number of anilines is 1. The first kappa shape index (κ1) is 15.7. The predicted molar refractivity (Wildman–Crippen MR) is 67.0 cm³/mol. The standard InChI is InChI=1S/C12H18F3N3O/c1-2-5-19-7-11(18-17)9-6-8(12(13,14)15)3-4-10(9)16/h3-4,6,11,18H,2,5,7,16-17H2,1H3. The summed E-state index contributed by atoms with van der Waals surface area (Å²) in [6.45, 7) is 2.61. The Morgan fingerprint density at radius 1 is 1.37 bits per heavy atom. The molecule has 19 heavy (non-hydrogen) atoms. The van der Waals surface area contributed by atoms with Crippen LogP contribution in [-0.4, -0.2) is 13.2 Å². The first-order chi connectivity index (χ1) is 8.90. The molecule has 0 saturated heterocycles. The lowest BCUT2D eigenvalue weighted by Gasteiger charge is -2.19. The highest BCUT2D eigenvalue weighted by Gasteiger charge is 2.31. The van der Waals surface area contributed by atoms with E-state index in [-0.39, 0.29) is 17.9 Å². The van der Waals surface area contributed by atoms with Crippen molar-refractivity contribution in [2.24, 2.45) is 5.84 Å². The molecule has 0 saturated carbocycles. The van der Waals surface area contributed by atoms with Crippen LogP contribution in [0, 0.1) is 0 Å². The maximum atomic E-state index is 12.6. The van der Waals surface area contributed by atoms with E-state index in [1.165, 1.54) is 6.07 Å². The minimum absolute atomic E-state index is 0.163. The van der Waals surface area contributed by atoms with E-state index in [1.54, 1.807) is 0 Å². The fourth-order valence-corrected chi connectivity index (χ4v) is 1.63. The second-order valence-corrected chi connectivity index (χ2v) is 4.14. The molecule has 1 aromatic rings. The molecule has 0 amide bonds. The second-order valence-electron chi connectivity index (χ2n) is 4.14. The quantitative estimate of drug-likeness (QED) is 0.322. The number of hydrogen-bond donors (Lipinski definition) is 3. The Balaban J connectivity index is 2.95. The van der Waals surface area contributed by atoms with E-state index in [1.807, 2.05) is 6.92 Å². The van der Waals surface area contributed by atoms with Crippen LogP contribution in [0.3, 0.4) is 0 Å². The van der Waals surface area contributed by atoms with Gasteiger partial charge < -0.3 is 10.5 Å². The fraction of sp³-hybridized carbons (Fsp3) is 0.500. The lowest BCUT2D eigenvalue weighted by atomic mass is 10.0. The highest BCUT2D eigenvalue weighted by Crippen LogP contribution is 2.33. The summed E-state index contributed by atoms with van der Waals surface area (Å²) in [7, 11) is 0. The number of hydrazine groups is 1. The topological polar surface area (TPSA) is 73.3 Å². The molecule has 0 heterocycles. The van der Waals surface area contributed by atoms with Gasteiger partial charge in [0.1, 0.15) is 0 Å². The number of nitrogens with one attached hydrogen (secondary N) is 1. The van der Waals surface area contributed by atoms with Gasteiger partial charge in [-0.25, -0.2) is 0 Å². The molecule has 0 aliphatic heterocycles. The van der Waals surface area contributed by atoms with Gasteiger partial charge in [-0.1, -0.05) is 6.92 Å². The van der Waals surface area contributed by atoms with E-state index in [0.29, 0.717) is 6.61 Å². The van der Waals surface area contributed by atoms with Crippen LogP contribution < -0.4 is 17.0 Å². The molecule has 1 rings (SSSR count). The molecule has 0 bridgehead atoms. The Morgan fingerprint density at radius 2 is 2.05 bits per heavy atom. The van der Waals surface area contributed by atoms with E-state index in [4.69, 9.17) is 16.3 Å². The third kappa shape index (κ3) is 4.38. The third-order valence-electron chi connectivity index (χ3n) is 2.62. The van der Waals surface area contributed by atoms with Crippen molar-refractivity contribution in [3.8, 4) is 0 Å². The zero-order valence-corrected chi connectivity index (χ0v) is 10.6. The van der Waals surface area contributed by atoms with Crippen LogP contribution in [0.4, 0.5) is 18.9 Å². The zero-order chi connectivity index (χ0) is 14.5. The van der Waals surface area contributed by atoms with E-state index in [0.717, 1.165) is 18.6 Å². The second kappa shape index (κ2) is 6.74. The average Bonchev–Trinajstić information content (AvgIpc) is 2.34. The molecule has 1 aromatic carbocycles. The molecular formula is C12H18F3N3O. The SMILES string of the molecule is CCCOCC(NN)c1cc(C(F)(F)F)ccc1N. The predicted octanol–water partition coefficient (Wildman–Crippen LogP) is 2.22. The number of nitrogens with two attached hydrogens (primary N) is 2. The molecule has 1 atom stereocenters. The van der Waals surface area contributed by atoms with Crippen LogP contribution in [0.25, 0.3) is 0 Å². The van der Waals surface area contributed by atoms with Crippen molar-refractivity contribution in [2.75, 3.05) is 18.9 Å². The summed E-state index contributed by atoms with van der Waals surface area (Å²) >= 11 is 0. The van der Waals surface area contributed by atoms with Crippen LogP contribution in [0.5, 0.6) is 0 Å². The van der Waals surface area contributed by atoms with E-state index in [2.05, 4.69) is 5.43 Å². The highest BCUT2D eigenvalue weighted by molar-refractivity contribution is 5.51. The fourth-order valence-electron chi connectivity index (χ4n) is 1.63. The monoisotopic (exact) mass is 277 g/mol. The summed E-state index contributed by atoms with van der Waals surface area (Å²) < 4.78 is 43.2. The van der Waals surface area contributed by atoms with Gasteiger partial charge in [-0.3, -0.25) is 11.3 Å². The Kier molecular flexibility index (Phi) is 5.59. The molecule has 0 fully saturated rings. The summed E-state index contributed by atoms with van der Waals surface area (Å²) in [5, 5.41) is 0. The zero-order valence-electron chi connectivity index (χ0n) is 10.6. The van der Waals surface area contributed by atoms with E-state index in [9.17, 15) is 13.2 Å². The van der Waals surface area contributed by atoms with Gasteiger partial charge in [-0.2, -0.15) is 13.2 Å². The Bertz CT molecular complexity index is 410. The molecule has 0 aromatic heterocycles. The van der Waals surface area contributed by atoms with Crippen LogP contribution in [0.2, 0.25) is 0 Å². The largest absolute Gasteiger partial charge is 0.416 e. The van der Waals surface area contributed by atoms with Gasteiger partial charge in [-0.05, 0) is 30.2 Å². The van der Waals surface area contributed by atoms with Crippen molar-refractivity contribution in [3.63, 3.8) is 0 Å². The highest BCUT2D eigenvalue weighted by atomic mass is 19.4. The molecule has 1 unspecified atom stereocenters. The van der Waals surface area contributed by atoms with Crippen molar-refractivity contribution < 1.29 is 17.9 Å². The Morgan fingerprint density at radius 3 is 2.58 bits per heavy atom. The lowest BCUT2D eigenvalue weighted by molar-refractivity contribution is -0.137.